The van der Waals surface area contributed by atoms with E-state index in [2.05, 4.69) is 30.9 Å². The fraction of sp³-hybridized carbons (Fsp3) is 0.304. The highest BCUT2D eigenvalue weighted by Gasteiger charge is 2.13. The quantitative estimate of drug-likeness (QED) is 0.343. The molecule has 0 saturated carbocycles. The lowest BCUT2D eigenvalue weighted by atomic mass is 10.2. The number of aliphatic hydroxyl groups is 1. The van der Waals surface area contributed by atoms with E-state index in [1.165, 1.54) is 0 Å². The molecule has 2 heterocycles. The van der Waals surface area contributed by atoms with Crippen molar-refractivity contribution in [2.24, 2.45) is 0 Å². The topological polar surface area (TPSA) is 146 Å². The first-order valence-electron chi connectivity index (χ1n) is 10.7. The number of anilines is 2. The number of amides is 2. The average molecular weight is 485 g/mol. The van der Waals surface area contributed by atoms with Crippen LogP contribution in [-0.4, -0.2) is 60.0 Å². The van der Waals surface area contributed by atoms with E-state index in [0.717, 1.165) is 11.9 Å². The molecule has 0 spiro atoms. The summed E-state index contributed by atoms with van der Waals surface area (Å²) in [5.41, 5.74) is 2.47. The third-order valence-electron chi connectivity index (χ3n) is 4.65. The number of sulfone groups is 1. The van der Waals surface area contributed by atoms with Gasteiger partial charge in [-0.15, -0.1) is 0 Å². The van der Waals surface area contributed by atoms with Gasteiger partial charge in [-0.25, -0.2) is 23.2 Å². The Labute approximate surface area is 198 Å². The Morgan fingerprint density at radius 1 is 1.09 bits per heavy atom. The number of urea groups is 1. The third kappa shape index (κ3) is 8.09. The first-order chi connectivity index (χ1) is 16.2. The Hall–Kier alpha value is -3.57. The lowest BCUT2D eigenvalue weighted by Gasteiger charge is -2.14. The minimum absolute atomic E-state index is 0.106. The number of hydrogen-bond acceptors (Lipinski definition) is 8. The van der Waals surface area contributed by atoms with Crippen LogP contribution in [0.1, 0.15) is 18.3 Å². The molecule has 0 bridgehead atoms. The molecular weight excluding hydrogens is 456 g/mol. The van der Waals surface area contributed by atoms with Crippen LogP contribution in [0, 0.1) is 0 Å². The van der Waals surface area contributed by atoms with Crippen molar-refractivity contribution in [3.63, 3.8) is 0 Å². The smallest absolute Gasteiger partial charge is 0.319 e. The summed E-state index contributed by atoms with van der Waals surface area (Å²) < 4.78 is 23.5. The summed E-state index contributed by atoms with van der Waals surface area (Å²) in [5.74, 6) is 0.517. The van der Waals surface area contributed by atoms with Crippen molar-refractivity contribution >= 4 is 27.4 Å². The number of nitrogens with one attached hydrogen (secondary N) is 3. The predicted molar refractivity (Wildman–Crippen MR) is 131 cm³/mol. The van der Waals surface area contributed by atoms with E-state index in [4.69, 9.17) is 0 Å². The van der Waals surface area contributed by atoms with Gasteiger partial charge in [-0.1, -0.05) is 6.07 Å². The molecule has 0 saturated heterocycles. The summed E-state index contributed by atoms with van der Waals surface area (Å²) in [6, 6.07) is 13.5. The second kappa shape index (κ2) is 11.5. The highest BCUT2D eigenvalue weighted by Crippen LogP contribution is 2.21. The van der Waals surface area contributed by atoms with Gasteiger partial charge in [0.1, 0.15) is 5.82 Å². The van der Waals surface area contributed by atoms with Gasteiger partial charge < -0.3 is 21.1 Å². The van der Waals surface area contributed by atoms with Gasteiger partial charge in [0.25, 0.3) is 0 Å². The lowest BCUT2D eigenvalue weighted by molar-refractivity contribution is 0.252. The zero-order valence-electron chi connectivity index (χ0n) is 19.0. The van der Waals surface area contributed by atoms with Crippen LogP contribution in [0.4, 0.5) is 16.3 Å². The Morgan fingerprint density at radius 3 is 2.50 bits per heavy atom. The normalized spacial score (nSPS) is 12.1. The number of aromatic nitrogens is 3. The first kappa shape index (κ1) is 25.1. The molecule has 0 aliphatic rings. The largest absolute Gasteiger partial charge is 0.394 e. The maximum atomic E-state index is 12.2. The third-order valence-corrected chi connectivity index (χ3v) is 5.47. The van der Waals surface area contributed by atoms with Gasteiger partial charge in [-0.2, -0.15) is 0 Å². The Morgan fingerprint density at radius 2 is 1.85 bits per heavy atom. The highest BCUT2D eigenvalue weighted by atomic mass is 32.2. The van der Waals surface area contributed by atoms with Crippen molar-refractivity contribution in [2.75, 3.05) is 30.0 Å². The number of rotatable bonds is 10. The van der Waals surface area contributed by atoms with Gasteiger partial charge >= 0.3 is 6.03 Å². The van der Waals surface area contributed by atoms with Crippen molar-refractivity contribution < 1.29 is 18.3 Å². The molecule has 1 atom stereocenters. The maximum Gasteiger partial charge on any atom is 0.319 e. The maximum absolute atomic E-state index is 12.2. The molecule has 11 heteroatoms. The van der Waals surface area contributed by atoms with E-state index in [1.54, 1.807) is 43.5 Å². The monoisotopic (exact) mass is 484 g/mol. The summed E-state index contributed by atoms with van der Waals surface area (Å²) in [4.78, 5) is 25.2. The van der Waals surface area contributed by atoms with E-state index in [9.17, 15) is 18.3 Å². The van der Waals surface area contributed by atoms with Crippen molar-refractivity contribution in [1.29, 1.82) is 0 Å². The summed E-state index contributed by atoms with van der Waals surface area (Å²) in [6.07, 6.45) is 3.48. The summed E-state index contributed by atoms with van der Waals surface area (Å²) in [5, 5.41) is 17.9. The number of aliphatic hydroxyl groups excluding tert-OH is 1. The predicted octanol–water partition coefficient (Wildman–Crippen LogP) is 2.24. The molecule has 2 aromatic heterocycles. The number of benzene rings is 1. The molecule has 2 amide bonds. The molecule has 34 heavy (non-hydrogen) atoms. The lowest BCUT2D eigenvalue weighted by Crippen LogP contribution is -2.30. The van der Waals surface area contributed by atoms with E-state index >= 15 is 0 Å². The molecule has 0 fully saturated rings. The number of carbonyl (C=O) groups is 1. The van der Waals surface area contributed by atoms with Crippen LogP contribution in [0.25, 0.3) is 11.4 Å². The summed E-state index contributed by atoms with van der Waals surface area (Å²) in [7, 11) is -3.30. The van der Waals surface area contributed by atoms with Gasteiger partial charge in [0.05, 0.1) is 18.1 Å². The van der Waals surface area contributed by atoms with E-state index in [1.807, 2.05) is 18.2 Å². The SMILES string of the molecule is C[C@@H](CO)Nc1cc(CS(C)(=O)=O)nc(-c2ccc(NC(=O)NCCc3ccccn3)cc2)n1. The van der Waals surface area contributed by atoms with E-state index < -0.39 is 9.84 Å². The van der Waals surface area contributed by atoms with Crippen LogP contribution < -0.4 is 16.0 Å². The van der Waals surface area contributed by atoms with Crippen molar-refractivity contribution in [2.45, 2.75) is 25.1 Å². The molecule has 3 rings (SSSR count). The van der Waals surface area contributed by atoms with Crippen molar-refractivity contribution in [3.8, 4) is 11.4 Å². The number of hydrogen-bond donors (Lipinski definition) is 4. The molecular formula is C23H28N6O4S. The average Bonchev–Trinajstić information content (AvgIpc) is 2.79. The Balaban J connectivity index is 1.68. The number of carbonyl (C=O) groups excluding carboxylic acids is 1. The minimum Gasteiger partial charge on any atom is -0.394 e. The van der Waals surface area contributed by atoms with Crippen molar-refractivity contribution in [3.05, 3.63) is 66.1 Å². The van der Waals surface area contributed by atoms with Gasteiger partial charge in [-0.05, 0) is 43.3 Å². The first-order valence-corrected chi connectivity index (χ1v) is 12.8. The van der Waals surface area contributed by atoms with Crippen LogP contribution >= 0.6 is 0 Å². The van der Waals surface area contributed by atoms with E-state index in [0.29, 0.717) is 41.6 Å². The highest BCUT2D eigenvalue weighted by molar-refractivity contribution is 7.89. The molecule has 180 valence electrons. The molecule has 3 aromatic rings. The number of nitrogens with zero attached hydrogens (tertiary/aromatic N) is 3. The van der Waals surface area contributed by atoms with Crippen LogP contribution in [0.3, 0.4) is 0 Å². The summed E-state index contributed by atoms with van der Waals surface area (Å²) in [6.45, 7) is 2.12. The molecule has 4 N–H and O–H groups in total. The fourth-order valence-corrected chi connectivity index (χ4v) is 3.75. The van der Waals surface area contributed by atoms with Crippen LogP contribution in [0.15, 0.2) is 54.7 Å². The molecule has 0 unspecified atom stereocenters. The second-order valence-electron chi connectivity index (χ2n) is 7.90. The Kier molecular flexibility index (Phi) is 8.50. The standard InChI is InChI=1S/C23H28N6O4S/c1-16(14-30)26-21-13-20(15-34(2,32)33)27-22(29-21)17-6-8-19(9-7-17)28-23(31)25-12-10-18-5-3-4-11-24-18/h3-9,11,13,16,30H,10,12,14-15H2,1-2H3,(H2,25,28,31)(H,26,27,29)/t16-/m0/s1. The van der Waals surface area contributed by atoms with Gasteiger partial charge in [0.2, 0.25) is 0 Å². The Bertz CT molecular complexity index is 1200. The molecule has 0 aliphatic carbocycles. The second-order valence-corrected chi connectivity index (χ2v) is 10.0. The number of pyridine rings is 1. The molecule has 0 aliphatic heterocycles. The molecule has 10 nitrogen and oxygen atoms in total. The van der Waals surface area contributed by atoms with Gasteiger partial charge in [0, 0.05) is 54.5 Å². The van der Waals surface area contributed by atoms with Crippen LogP contribution in [0.5, 0.6) is 0 Å². The summed E-state index contributed by atoms with van der Waals surface area (Å²) >= 11 is 0. The fourth-order valence-electron chi connectivity index (χ4n) is 3.07. The van der Waals surface area contributed by atoms with Crippen LogP contribution in [0.2, 0.25) is 0 Å². The van der Waals surface area contributed by atoms with Gasteiger partial charge in [-0.3, -0.25) is 4.98 Å². The van der Waals surface area contributed by atoms with Crippen LogP contribution in [-0.2, 0) is 22.0 Å². The minimum atomic E-state index is -3.30. The molecule has 1 aromatic carbocycles. The molecule has 0 radical (unpaired) electrons. The zero-order chi connectivity index (χ0) is 24.6. The zero-order valence-corrected chi connectivity index (χ0v) is 19.8. The van der Waals surface area contributed by atoms with Gasteiger partial charge in [0.15, 0.2) is 15.7 Å². The van der Waals surface area contributed by atoms with Crippen molar-refractivity contribution in [1.82, 2.24) is 20.3 Å². The van der Waals surface area contributed by atoms with E-state index in [-0.39, 0.29) is 24.4 Å².